The third kappa shape index (κ3) is 7.69. The number of ether oxygens (including phenoxy) is 2. The predicted molar refractivity (Wildman–Crippen MR) is 163 cm³/mol. The number of rotatable bonds is 8. The number of hydrogen-bond acceptors (Lipinski definition) is 8. The van der Waals surface area contributed by atoms with E-state index in [1.54, 1.807) is 51.1 Å². The number of nitrogens with one attached hydrogen (secondary N) is 1. The number of benzene rings is 1. The van der Waals surface area contributed by atoms with Crippen LogP contribution in [-0.4, -0.2) is 87.6 Å². The number of carbonyl (C=O) groups is 3. The summed E-state index contributed by atoms with van der Waals surface area (Å²) in [5.41, 5.74) is -0.723. The van der Waals surface area contributed by atoms with Gasteiger partial charge in [-0.1, -0.05) is 20.8 Å². The maximum atomic E-state index is 14.3. The van der Waals surface area contributed by atoms with Crippen LogP contribution in [0.5, 0.6) is 5.75 Å². The number of carbonyl (C=O) groups excluding carboxylic acids is 3. The van der Waals surface area contributed by atoms with Crippen LogP contribution in [0.4, 0.5) is 19.5 Å². The molecule has 0 spiro atoms. The van der Waals surface area contributed by atoms with Gasteiger partial charge in [-0.2, -0.15) is 0 Å². The van der Waals surface area contributed by atoms with E-state index >= 15 is 0 Å². The molecule has 4 atom stereocenters. The normalized spacial score (nSPS) is 19.4. The van der Waals surface area contributed by atoms with Gasteiger partial charge in [0, 0.05) is 43.8 Å². The molecule has 4 rings (SSSR count). The maximum Gasteiger partial charge on any atom is 0.410 e. The van der Waals surface area contributed by atoms with Crippen LogP contribution in [0.2, 0.25) is 0 Å². The molecule has 0 bridgehead atoms. The Morgan fingerprint density at radius 1 is 1.09 bits per heavy atom. The number of likely N-dealkylation sites (N-methyl/N-ethyl adjacent to an activating group) is 1. The summed E-state index contributed by atoms with van der Waals surface area (Å²) >= 11 is 0. The summed E-state index contributed by atoms with van der Waals surface area (Å²) in [4.78, 5) is 53.9. The zero-order chi connectivity index (χ0) is 33.3. The van der Waals surface area contributed by atoms with E-state index < -0.39 is 52.8 Å². The van der Waals surface area contributed by atoms with Gasteiger partial charge in [0.2, 0.25) is 17.8 Å². The summed E-state index contributed by atoms with van der Waals surface area (Å²) in [6, 6.07) is 2.47. The highest BCUT2D eigenvalue weighted by atomic mass is 19.2. The predicted octanol–water partition coefficient (Wildman–Crippen LogP) is 4.29. The number of likely N-dealkylation sites (tertiary alicyclic amines) is 1. The highest BCUT2D eigenvalue weighted by Crippen LogP contribution is 2.38. The second kappa shape index (κ2) is 13.0. The van der Waals surface area contributed by atoms with Crippen molar-refractivity contribution >= 4 is 23.9 Å². The van der Waals surface area contributed by atoms with Crippen molar-refractivity contribution in [1.82, 2.24) is 25.1 Å². The van der Waals surface area contributed by atoms with E-state index in [0.717, 1.165) is 12.1 Å². The van der Waals surface area contributed by atoms with Gasteiger partial charge in [-0.05, 0) is 57.7 Å². The summed E-state index contributed by atoms with van der Waals surface area (Å²) in [5.74, 6) is -2.23. The van der Waals surface area contributed by atoms with Crippen LogP contribution in [0, 0.1) is 17.0 Å². The van der Waals surface area contributed by atoms with Gasteiger partial charge in [0.15, 0.2) is 11.6 Å². The van der Waals surface area contributed by atoms with Crippen LogP contribution in [0.25, 0.3) is 0 Å². The second-order valence-electron chi connectivity index (χ2n) is 13.4. The van der Waals surface area contributed by atoms with Gasteiger partial charge in [-0.25, -0.2) is 23.5 Å². The Morgan fingerprint density at radius 3 is 2.36 bits per heavy atom. The molecule has 2 aliphatic heterocycles. The summed E-state index contributed by atoms with van der Waals surface area (Å²) in [5, 5.41) is 2.89. The van der Waals surface area contributed by atoms with Gasteiger partial charge in [0.05, 0.1) is 12.1 Å². The molecule has 2 aliphatic rings. The van der Waals surface area contributed by atoms with E-state index in [1.165, 1.54) is 18.0 Å². The van der Waals surface area contributed by atoms with Crippen LogP contribution in [-0.2, 0) is 14.3 Å². The molecule has 4 unspecified atom stereocenters. The zero-order valence-electron chi connectivity index (χ0n) is 27.0. The van der Waals surface area contributed by atoms with Crippen LogP contribution in [0.3, 0.4) is 0 Å². The Kier molecular flexibility index (Phi) is 9.69. The minimum Gasteiger partial charge on any atom is -0.489 e. The average molecular weight is 629 g/mol. The molecule has 0 radical (unpaired) electrons. The van der Waals surface area contributed by atoms with Crippen LogP contribution in [0.15, 0.2) is 48.4 Å². The SMILES string of the molecule is CC(C(=O)NC(C(=O)N1CCC2C1C(COc1ccc(F)c(F)c1)=CN2c1ncccn1)C(C)(C)C)N(C)C(=O)OC(C)(C)C. The molecule has 1 aromatic carbocycles. The first-order chi connectivity index (χ1) is 21.0. The molecule has 45 heavy (non-hydrogen) atoms. The third-order valence-corrected chi connectivity index (χ3v) is 7.81. The number of halogens is 2. The fourth-order valence-electron chi connectivity index (χ4n) is 5.34. The van der Waals surface area contributed by atoms with Gasteiger partial charge in [0.25, 0.3) is 0 Å². The lowest BCUT2D eigenvalue weighted by molar-refractivity contribution is -0.140. The molecular weight excluding hydrogens is 586 g/mol. The second-order valence-corrected chi connectivity index (χ2v) is 13.4. The molecule has 0 aliphatic carbocycles. The quantitative estimate of drug-likeness (QED) is 0.460. The van der Waals surface area contributed by atoms with Crippen molar-refractivity contribution in [3.05, 3.63) is 60.1 Å². The molecule has 2 aromatic rings. The smallest absolute Gasteiger partial charge is 0.410 e. The molecule has 3 amide bonds. The van der Waals surface area contributed by atoms with Crippen molar-refractivity contribution in [2.45, 2.75) is 84.7 Å². The zero-order valence-corrected chi connectivity index (χ0v) is 27.0. The molecule has 244 valence electrons. The fourth-order valence-corrected chi connectivity index (χ4v) is 5.34. The van der Waals surface area contributed by atoms with E-state index in [4.69, 9.17) is 9.47 Å². The lowest BCUT2D eigenvalue weighted by Gasteiger charge is -2.37. The molecule has 11 nitrogen and oxygen atoms in total. The average Bonchev–Trinajstić information content (AvgIpc) is 3.55. The van der Waals surface area contributed by atoms with Crippen molar-refractivity contribution in [3.63, 3.8) is 0 Å². The first kappa shape index (κ1) is 33.6. The summed E-state index contributed by atoms with van der Waals surface area (Å²) in [7, 11) is 1.47. The van der Waals surface area contributed by atoms with Crippen molar-refractivity contribution in [1.29, 1.82) is 0 Å². The monoisotopic (exact) mass is 628 g/mol. The first-order valence-corrected chi connectivity index (χ1v) is 14.9. The van der Waals surface area contributed by atoms with E-state index in [2.05, 4.69) is 15.3 Å². The Morgan fingerprint density at radius 2 is 1.76 bits per heavy atom. The highest BCUT2D eigenvalue weighted by molar-refractivity contribution is 5.92. The van der Waals surface area contributed by atoms with Gasteiger partial charge in [-0.3, -0.25) is 14.5 Å². The number of aromatic nitrogens is 2. The van der Waals surface area contributed by atoms with Gasteiger partial charge in [-0.15, -0.1) is 0 Å². The molecule has 1 N–H and O–H groups in total. The van der Waals surface area contributed by atoms with Crippen molar-refractivity contribution in [2.24, 2.45) is 5.41 Å². The van der Waals surface area contributed by atoms with Crippen molar-refractivity contribution in [2.75, 3.05) is 25.1 Å². The van der Waals surface area contributed by atoms with E-state index in [1.807, 2.05) is 31.9 Å². The fraction of sp³-hybridized carbons (Fsp3) is 0.531. The third-order valence-electron chi connectivity index (χ3n) is 7.81. The van der Waals surface area contributed by atoms with Crippen molar-refractivity contribution < 1.29 is 32.6 Å². The number of nitrogens with zero attached hydrogens (tertiary/aromatic N) is 5. The van der Waals surface area contributed by atoms with Crippen LogP contribution in [0.1, 0.15) is 54.9 Å². The van der Waals surface area contributed by atoms with Gasteiger partial charge in [0.1, 0.15) is 30.0 Å². The largest absolute Gasteiger partial charge is 0.489 e. The van der Waals surface area contributed by atoms with Crippen LogP contribution < -0.4 is 15.0 Å². The Labute approximate surface area is 262 Å². The first-order valence-electron chi connectivity index (χ1n) is 14.9. The maximum absolute atomic E-state index is 14.3. The molecule has 1 aromatic heterocycles. The van der Waals surface area contributed by atoms with E-state index in [-0.39, 0.29) is 24.3 Å². The minimum atomic E-state index is -1.03. The standard InChI is InChI=1S/C32H42F2N6O5/c1-19(38(8)30(43)45-32(5,6)7)27(41)37-26(31(2,3)4)28(42)39-15-12-24-25(39)20(17-40(24)29-35-13-9-14-36-29)18-44-21-10-11-22(33)23(34)16-21/h9-11,13-14,16-17,19,24-26H,12,15,18H2,1-8H3,(H,37,41). The summed E-state index contributed by atoms with van der Waals surface area (Å²) in [6.45, 7) is 12.7. The highest BCUT2D eigenvalue weighted by Gasteiger charge is 2.50. The lowest BCUT2D eigenvalue weighted by Crippen LogP contribution is -2.59. The van der Waals surface area contributed by atoms with E-state index in [0.29, 0.717) is 24.5 Å². The number of hydrogen-bond donors (Lipinski definition) is 1. The number of anilines is 1. The molecule has 1 fully saturated rings. The Balaban J connectivity index is 1.57. The van der Waals surface area contributed by atoms with Crippen LogP contribution >= 0.6 is 0 Å². The molecule has 1 saturated heterocycles. The molecule has 13 heteroatoms. The van der Waals surface area contributed by atoms with Gasteiger partial charge >= 0.3 is 6.09 Å². The number of fused-ring (bicyclic) bond motifs is 1. The molecular formula is C32H42F2N6O5. The van der Waals surface area contributed by atoms with Gasteiger partial charge < -0.3 is 24.6 Å². The lowest BCUT2D eigenvalue weighted by atomic mass is 9.85. The topological polar surface area (TPSA) is 117 Å². The summed E-state index contributed by atoms with van der Waals surface area (Å²) in [6.07, 6.45) is 5.00. The number of amides is 3. The molecule has 0 saturated carbocycles. The minimum absolute atomic E-state index is 0.0103. The van der Waals surface area contributed by atoms with E-state index in [9.17, 15) is 23.2 Å². The van der Waals surface area contributed by atoms with Crippen molar-refractivity contribution in [3.8, 4) is 5.75 Å². The Hall–Kier alpha value is -4.29. The Bertz CT molecular complexity index is 1440. The summed E-state index contributed by atoms with van der Waals surface area (Å²) < 4.78 is 38.6. The molecule has 3 heterocycles.